The van der Waals surface area contributed by atoms with Gasteiger partial charge in [-0.05, 0) is 31.4 Å². The highest BCUT2D eigenvalue weighted by atomic mass is 32.1. The van der Waals surface area contributed by atoms with Gasteiger partial charge in [0.1, 0.15) is 5.01 Å². The monoisotopic (exact) mass is 231 g/mol. The van der Waals surface area contributed by atoms with Crippen molar-refractivity contribution >= 4 is 11.3 Å². The molecule has 16 heavy (non-hydrogen) atoms. The van der Waals surface area contributed by atoms with Gasteiger partial charge >= 0.3 is 0 Å². The van der Waals surface area contributed by atoms with Crippen LogP contribution in [0.15, 0.2) is 24.5 Å². The molecule has 4 heteroatoms. The number of thiazole rings is 1. The lowest BCUT2D eigenvalue weighted by molar-refractivity contribution is 0.576. The Hall–Kier alpha value is -1.26. The predicted molar refractivity (Wildman–Crippen MR) is 65.3 cm³/mol. The minimum Gasteiger partial charge on any atom is -0.327 e. The molecule has 1 unspecified atom stereocenters. The van der Waals surface area contributed by atoms with Gasteiger partial charge in [-0.2, -0.15) is 0 Å². The number of aryl methyl sites for hydroxylation is 1. The molecule has 3 nitrogen and oxygen atoms in total. The van der Waals surface area contributed by atoms with E-state index in [4.69, 9.17) is 10.7 Å². The number of nitrogens with zero attached hydrogens (tertiary/aromatic N) is 2. The third-order valence-corrected chi connectivity index (χ3v) is 4.07. The van der Waals surface area contributed by atoms with Crippen LogP contribution in [0.5, 0.6) is 0 Å². The normalized spacial score (nSPS) is 19.4. The molecule has 1 atom stereocenters. The molecular weight excluding hydrogens is 218 g/mol. The van der Waals surface area contributed by atoms with Crippen molar-refractivity contribution < 1.29 is 0 Å². The van der Waals surface area contributed by atoms with Gasteiger partial charge in [-0.15, -0.1) is 11.3 Å². The number of fused-ring (bicyclic) bond motifs is 1. The smallest absolute Gasteiger partial charge is 0.123 e. The minimum absolute atomic E-state index is 0.318. The molecule has 1 aliphatic rings. The van der Waals surface area contributed by atoms with Crippen molar-refractivity contribution in [2.45, 2.75) is 25.3 Å². The van der Waals surface area contributed by atoms with Crippen LogP contribution in [0.1, 0.15) is 17.0 Å². The van der Waals surface area contributed by atoms with Gasteiger partial charge in [-0.1, -0.05) is 0 Å². The fraction of sp³-hybridized carbons (Fsp3) is 0.333. The van der Waals surface area contributed by atoms with Gasteiger partial charge in [0.2, 0.25) is 0 Å². The van der Waals surface area contributed by atoms with Crippen molar-refractivity contribution in [2.75, 3.05) is 0 Å². The topological polar surface area (TPSA) is 51.8 Å². The summed E-state index contributed by atoms with van der Waals surface area (Å²) in [4.78, 5) is 10.1. The van der Waals surface area contributed by atoms with E-state index in [1.807, 2.05) is 24.5 Å². The number of rotatable bonds is 1. The second-order valence-corrected chi connectivity index (χ2v) is 5.21. The van der Waals surface area contributed by atoms with Crippen LogP contribution in [0.3, 0.4) is 0 Å². The van der Waals surface area contributed by atoms with Crippen LogP contribution in [-0.4, -0.2) is 16.0 Å². The first-order valence-corrected chi connectivity index (χ1v) is 6.29. The van der Waals surface area contributed by atoms with E-state index in [1.54, 1.807) is 11.3 Å². The SMILES string of the molecule is NC1CCc2nc(-c3ccncc3)sc2C1. The summed E-state index contributed by atoms with van der Waals surface area (Å²) in [5, 5.41) is 1.10. The van der Waals surface area contributed by atoms with E-state index in [-0.39, 0.29) is 0 Å². The third kappa shape index (κ3) is 1.74. The van der Waals surface area contributed by atoms with Crippen LogP contribution >= 0.6 is 11.3 Å². The quantitative estimate of drug-likeness (QED) is 0.817. The Kier molecular flexibility index (Phi) is 2.46. The lowest BCUT2D eigenvalue weighted by Crippen LogP contribution is -2.26. The molecule has 0 bridgehead atoms. The first kappa shape index (κ1) is 9.93. The second kappa shape index (κ2) is 3.96. The van der Waals surface area contributed by atoms with E-state index in [1.165, 1.54) is 10.6 Å². The summed E-state index contributed by atoms with van der Waals surface area (Å²) in [6, 6.07) is 4.33. The van der Waals surface area contributed by atoms with Crippen molar-refractivity contribution in [1.82, 2.24) is 9.97 Å². The van der Waals surface area contributed by atoms with Gasteiger partial charge in [0.25, 0.3) is 0 Å². The Bertz CT molecular complexity index is 492. The lowest BCUT2D eigenvalue weighted by atomic mass is 9.99. The summed E-state index contributed by atoms with van der Waals surface area (Å²) in [6.45, 7) is 0. The van der Waals surface area contributed by atoms with Gasteiger partial charge in [0.15, 0.2) is 0 Å². The average Bonchev–Trinajstić information content (AvgIpc) is 2.73. The summed E-state index contributed by atoms with van der Waals surface area (Å²) in [6.07, 6.45) is 6.69. The maximum atomic E-state index is 5.97. The van der Waals surface area contributed by atoms with Crippen molar-refractivity contribution in [3.63, 3.8) is 0 Å². The highest BCUT2D eigenvalue weighted by Gasteiger charge is 2.20. The lowest BCUT2D eigenvalue weighted by Gasteiger charge is -2.15. The van der Waals surface area contributed by atoms with E-state index in [0.29, 0.717) is 6.04 Å². The molecule has 2 aromatic rings. The van der Waals surface area contributed by atoms with E-state index in [9.17, 15) is 0 Å². The van der Waals surface area contributed by atoms with Crippen LogP contribution in [0, 0.1) is 0 Å². The molecule has 0 fully saturated rings. The van der Waals surface area contributed by atoms with Crippen molar-refractivity contribution in [3.05, 3.63) is 35.1 Å². The summed E-state index contributed by atoms with van der Waals surface area (Å²) in [5.41, 5.74) is 8.37. The molecule has 2 aromatic heterocycles. The zero-order valence-electron chi connectivity index (χ0n) is 8.89. The molecule has 0 amide bonds. The van der Waals surface area contributed by atoms with E-state index >= 15 is 0 Å². The maximum Gasteiger partial charge on any atom is 0.123 e. The Labute approximate surface area is 98.4 Å². The highest BCUT2D eigenvalue weighted by Crippen LogP contribution is 2.31. The first-order chi connectivity index (χ1) is 7.83. The molecular formula is C12H13N3S. The van der Waals surface area contributed by atoms with Gasteiger partial charge in [-0.3, -0.25) is 4.98 Å². The summed E-state index contributed by atoms with van der Waals surface area (Å²) in [7, 11) is 0. The summed E-state index contributed by atoms with van der Waals surface area (Å²) in [5.74, 6) is 0. The van der Waals surface area contributed by atoms with Crippen molar-refractivity contribution in [1.29, 1.82) is 0 Å². The second-order valence-electron chi connectivity index (χ2n) is 4.13. The van der Waals surface area contributed by atoms with Crippen LogP contribution < -0.4 is 5.73 Å². The molecule has 2 N–H and O–H groups in total. The fourth-order valence-electron chi connectivity index (χ4n) is 2.02. The Morgan fingerprint density at radius 2 is 2.12 bits per heavy atom. The molecule has 2 heterocycles. The van der Waals surface area contributed by atoms with Crippen molar-refractivity contribution in [3.8, 4) is 10.6 Å². The Morgan fingerprint density at radius 3 is 2.94 bits per heavy atom. The molecule has 82 valence electrons. The number of aromatic nitrogens is 2. The molecule has 0 saturated heterocycles. The van der Waals surface area contributed by atoms with Crippen LogP contribution in [0.4, 0.5) is 0 Å². The zero-order valence-corrected chi connectivity index (χ0v) is 9.70. The first-order valence-electron chi connectivity index (χ1n) is 5.47. The molecule has 0 spiro atoms. The van der Waals surface area contributed by atoms with Gasteiger partial charge in [0.05, 0.1) is 5.69 Å². The third-order valence-electron chi connectivity index (χ3n) is 2.91. The van der Waals surface area contributed by atoms with E-state index in [0.717, 1.165) is 29.8 Å². The molecule has 0 aliphatic heterocycles. The fourth-order valence-corrected chi connectivity index (χ4v) is 3.22. The molecule has 0 saturated carbocycles. The van der Waals surface area contributed by atoms with E-state index in [2.05, 4.69) is 4.98 Å². The van der Waals surface area contributed by atoms with Crippen molar-refractivity contribution in [2.24, 2.45) is 5.73 Å². The molecule has 0 aromatic carbocycles. The summed E-state index contributed by atoms with van der Waals surface area (Å²) >= 11 is 1.77. The molecule has 0 radical (unpaired) electrons. The Morgan fingerprint density at radius 1 is 1.31 bits per heavy atom. The van der Waals surface area contributed by atoms with Crippen LogP contribution in [0.2, 0.25) is 0 Å². The minimum atomic E-state index is 0.318. The number of pyridine rings is 1. The highest BCUT2D eigenvalue weighted by molar-refractivity contribution is 7.15. The largest absolute Gasteiger partial charge is 0.327 e. The Balaban J connectivity index is 1.99. The number of nitrogens with two attached hydrogens (primary N) is 1. The standard InChI is InChI=1S/C12H13N3S/c13-9-1-2-10-11(7-9)16-12(15-10)8-3-5-14-6-4-8/h3-6,9H,1-2,7,13H2. The van der Waals surface area contributed by atoms with Crippen LogP contribution in [-0.2, 0) is 12.8 Å². The van der Waals surface area contributed by atoms with Gasteiger partial charge in [-0.25, -0.2) is 4.98 Å². The number of hydrogen-bond donors (Lipinski definition) is 1. The predicted octanol–water partition coefficient (Wildman–Crippen LogP) is 2.02. The zero-order chi connectivity index (χ0) is 11.0. The van der Waals surface area contributed by atoms with Gasteiger partial charge in [0, 0.05) is 28.9 Å². The van der Waals surface area contributed by atoms with Crippen LogP contribution in [0.25, 0.3) is 10.6 Å². The molecule has 3 rings (SSSR count). The number of hydrogen-bond acceptors (Lipinski definition) is 4. The summed E-state index contributed by atoms with van der Waals surface area (Å²) < 4.78 is 0. The van der Waals surface area contributed by atoms with Gasteiger partial charge < -0.3 is 5.73 Å². The van der Waals surface area contributed by atoms with E-state index < -0.39 is 0 Å². The maximum absolute atomic E-state index is 5.97. The molecule has 1 aliphatic carbocycles. The average molecular weight is 231 g/mol.